The lowest BCUT2D eigenvalue weighted by Crippen LogP contribution is -2.34. The molecule has 2 aromatic carbocycles. The summed E-state index contributed by atoms with van der Waals surface area (Å²) in [6.07, 6.45) is 0.900. The predicted molar refractivity (Wildman–Crippen MR) is 100 cm³/mol. The SMILES string of the molecule is Cc1ccc(NC(=S)N[C@H]2CCSc3ccc(F)cc32)cc1Cl. The Morgan fingerprint density at radius 2 is 2.13 bits per heavy atom. The summed E-state index contributed by atoms with van der Waals surface area (Å²) in [6.45, 7) is 1.95. The number of fused-ring (bicyclic) bond motifs is 1. The second-order valence-corrected chi connectivity index (χ2v) is 7.39. The lowest BCUT2D eigenvalue weighted by atomic mass is 10.0. The Morgan fingerprint density at radius 1 is 1.30 bits per heavy atom. The number of thiocarbonyl (C=S) groups is 1. The van der Waals surface area contributed by atoms with Crippen LogP contribution in [0.1, 0.15) is 23.6 Å². The van der Waals surface area contributed by atoms with Gasteiger partial charge in [-0.15, -0.1) is 11.8 Å². The van der Waals surface area contributed by atoms with E-state index in [4.69, 9.17) is 23.8 Å². The monoisotopic (exact) mass is 366 g/mol. The fourth-order valence-corrected chi connectivity index (χ4v) is 4.06. The van der Waals surface area contributed by atoms with Crippen molar-refractivity contribution >= 4 is 46.4 Å². The highest BCUT2D eigenvalue weighted by Crippen LogP contribution is 2.36. The van der Waals surface area contributed by atoms with Crippen molar-refractivity contribution < 1.29 is 4.39 Å². The number of halogens is 2. The van der Waals surface area contributed by atoms with Gasteiger partial charge in [0.25, 0.3) is 0 Å². The highest BCUT2D eigenvalue weighted by atomic mass is 35.5. The zero-order valence-electron chi connectivity index (χ0n) is 12.5. The Hall–Kier alpha value is -1.30. The van der Waals surface area contributed by atoms with Crippen molar-refractivity contribution in [1.82, 2.24) is 5.32 Å². The first-order valence-electron chi connectivity index (χ1n) is 7.29. The molecule has 0 saturated carbocycles. The van der Waals surface area contributed by atoms with Gasteiger partial charge in [-0.2, -0.15) is 0 Å². The number of benzene rings is 2. The fourth-order valence-electron chi connectivity index (χ4n) is 2.51. The molecule has 0 radical (unpaired) electrons. The summed E-state index contributed by atoms with van der Waals surface area (Å²) in [5.74, 6) is 0.761. The number of nitrogens with one attached hydrogen (secondary N) is 2. The molecule has 2 aromatic rings. The topological polar surface area (TPSA) is 24.1 Å². The molecular formula is C17H16ClFN2S2. The summed E-state index contributed by atoms with van der Waals surface area (Å²) >= 11 is 13.3. The zero-order valence-corrected chi connectivity index (χ0v) is 14.9. The van der Waals surface area contributed by atoms with Gasteiger partial charge in [-0.3, -0.25) is 0 Å². The minimum atomic E-state index is -0.220. The number of anilines is 1. The van der Waals surface area contributed by atoms with Crippen LogP contribution in [0.25, 0.3) is 0 Å². The van der Waals surface area contributed by atoms with E-state index in [0.717, 1.165) is 33.9 Å². The molecule has 2 N–H and O–H groups in total. The Labute approximate surface area is 149 Å². The molecule has 0 saturated heterocycles. The van der Waals surface area contributed by atoms with E-state index in [1.807, 2.05) is 31.2 Å². The van der Waals surface area contributed by atoms with Crippen LogP contribution in [0, 0.1) is 12.7 Å². The van der Waals surface area contributed by atoms with Crippen molar-refractivity contribution in [2.45, 2.75) is 24.3 Å². The molecule has 2 nitrogen and oxygen atoms in total. The third-order valence-corrected chi connectivity index (χ3v) is 5.50. The molecule has 0 fully saturated rings. The van der Waals surface area contributed by atoms with Crippen molar-refractivity contribution in [3.8, 4) is 0 Å². The van der Waals surface area contributed by atoms with Crippen LogP contribution in [0.3, 0.4) is 0 Å². The molecule has 1 atom stereocenters. The van der Waals surface area contributed by atoms with E-state index in [0.29, 0.717) is 10.1 Å². The molecule has 23 heavy (non-hydrogen) atoms. The molecule has 1 aliphatic rings. The minimum Gasteiger partial charge on any atom is -0.356 e. The first kappa shape index (κ1) is 16.6. The van der Waals surface area contributed by atoms with Crippen LogP contribution in [0.5, 0.6) is 0 Å². The second kappa shape index (κ2) is 7.07. The van der Waals surface area contributed by atoms with Gasteiger partial charge in [0.1, 0.15) is 5.82 Å². The summed E-state index contributed by atoms with van der Waals surface area (Å²) in [5.41, 5.74) is 2.82. The summed E-state index contributed by atoms with van der Waals surface area (Å²) in [4.78, 5) is 1.11. The predicted octanol–water partition coefficient (Wildman–Crippen LogP) is 5.31. The highest BCUT2D eigenvalue weighted by molar-refractivity contribution is 7.99. The highest BCUT2D eigenvalue weighted by Gasteiger charge is 2.22. The molecular weight excluding hydrogens is 351 g/mol. The van der Waals surface area contributed by atoms with Crippen molar-refractivity contribution in [2.24, 2.45) is 0 Å². The normalized spacial score (nSPS) is 16.6. The van der Waals surface area contributed by atoms with E-state index >= 15 is 0 Å². The van der Waals surface area contributed by atoms with Crippen LogP contribution >= 0.6 is 35.6 Å². The quantitative estimate of drug-likeness (QED) is 0.703. The minimum absolute atomic E-state index is 0.0165. The summed E-state index contributed by atoms with van der Waals surface area (Å²) in [6, 6.07) is 10.6. The molecule has 120 valence electrons. The van der Waals surface area contributed by atoms with Crippen molar-refractivity contribution in [2.75, 3.05) is 11.1 Å². The van der Waals surface area contributed by atoms with E-state index in [9.17, 15) is 4.39 Å². The lowest BCUT2D eigenvalue weighted by Gasteiger charge is -2.27. The second-order valence-electron chi connectivity index (χ2n) is 5.43. The molecule has 6 heteroatoms. The van der Waals surface area contributed by atoms with Crippen molar-refractivity contribution in [3.05, 3.63) is 58.4 Å². The molecule has 0 bridgehead atoms. The number of rotatable bonds is 2. The maximum atomic E-state index is 13.5. The van der Waals surface area contributed by atoms with Gasteiger partial charge in [0.05, 0.1) is 6.04 Å². The molecule has 3 rings (SSSR count). The summed E-state index contributed by atoms with van der Waals surface area (Å²) in [7, 11) is 0. The smallest absolute Gasteiger partial charge is 0.171 e. The zero-order chi connectivity index (χ0) is 16.4. The number of aryl methyl sites for hydroxylation is 1. The van der Waals surface area contributed by atoms with Crippen LogP contribution in [0.15, 0.2) is 41.3 Å². The van der Waals surface area contributed by atoms with Crippen LogP contribution in [0.4, 0.5) is 10.1 Å². The van der Waals surface area contributed by atoms with Gasteiger partial charge in [0, 0.05) is 21.4 Å². The first-order chi connectivity index (χ1) is 11.0. The third-order valence-electron chi connectivity index (χ3n) is 3.75. The summed E-state index contributed by atoms with van der Waals surface area (Å²) < 4.78 is 13.5. The third kappa shape index (κ3) is 3.97. The largest absolute Gasteiger partial charge is 0.356 e. The summed E-state index contributed by atoms with van der Waals surface area (Å²) in [5, 5.41) is 7.63. The van der Waals surface area contributed by atoms with Gasteiger partial charge in [-0.1, -0.05) is 17.7 Å². The van der Waals surface area contributed by atoms with Gasteiger partial charge < -0.3 is 10.6 Å². The van der Waals surface area contributed by atoms with E-state index in [1.54, 1.807) is 17.8 Å². The molecule has 0 unspecified atom stereocenters. The maximum Gasteiger partial charge on any atom is 0.171 e. The number of thioether (sulfide) groups is 1. The average molecular weight is 367 g/mol. The first-order valence-corrected chi connectivity index (χ1v) is 9.06. The van der Waals surface area contributed by atoms with Gasteiger partial charge in [0.2, 0.25) is 0 Å². The molecule has 1 aliphatic heterocycles. The molecule has 0 aromatic heterocycles. The van der Waals surface area contributed by atoms with E-state index in [-0.39, 0.29) is 11.9 Å². The Bertz CT molecular complexity index is 751. The van der Waals surface area contributed by atoms with Crippen molar-refractivity contribution in [3.63, 3.8) is 0 Å². The van der Waals surface area contributed by atoms with E-state index in [2.05, 4.69) is 10.6 Å². The van der Waals surface area contributed by atoms with Crippen LogP contribution in [-0.4, -0.2) is 10.9 Å². The number of hydrogen-bond acceptors (Lipinski definition) is 2. The Balaban J connectivity index is 1.71. The van der Waals surface area contributed by atoms with E-state index in [1.165, 1.54) is 6.07 Å². The van der Waals surface area contributed by atoms with Crippen LogP contribution in [0.2, 0.25) is 5.02 Å². The molecule has 0 aliphatic carbocycles. The molecule has 0 amide bonds. The van der Waals surface area contributed by atoms with Crippen LogP contribution < -0.4 is 10.6 Å². The molecule has 1 heterocycles. The van der Waals surface area contributed by atoms with Gasteiger partial charge in [-0.05, 0) is 67.0 Å². The Morgan fingerprint density at radius 3 is 2.91 bits per heavy atom. The van der Waals surface area contributed by atoms with Crippen molar-refractivity contribution in [1.29, 1.82) is 0 Å². The van der Waals surface area contributed by atoms with Crippen LogP contribution in [-0.2, 0) is 0 Å². The lowest BCUT2D eigenvalue weighted by molar-refractivity contribution is 0.587. The van der Waals surface area contributed by atoms with Gasteiger partial charge >= 0.3 is 0 Å². The maximum absolute atomic E-state index is 13.5. The average Bonchev–Trinajstić information content (AvgIpc) is 2.51. The molecule has 0 spiro atoms. The number of hydrogen-bond donors (Lipinski definition) is 2. The standard InChI is InChI=1S/C17H16ClFN2S2/c1-10-2-4-12(9-14(10)18)20-17(22)21-15-6-7-23-16-5-3-11(19)8-13(15)16/h2-5,8-9,15H,6-7H2,1H3,(H2,20,21,22)/t15-/m0/s1. The fraction of sp³-hybridized carbons (Fsp3) is 0.235. The van der Waals surface area contributed by atoms with E-state index < -0.39 is 0 Å². The van der Waals surface area contributed by atoms with Gasteiger partial charge in [0.15, 0.2) is 5.11 Å². The van der Waals surface area contributed by atoms with Gasteiger partial charge in [-0.25, -0.2) is 4.39 Å². The Kier molecular flexibility index (Phi) is 5.09.